The summed E-state index contributed by atoms with van der Waals surface area (Å²) in [4.78, 5) is 16.4. The van der Waals surface area contributed by atoms with Crippen molar-refractivity contribution in [1.29, 1.82) is 0 Å². The molecule has 1 N–H and O–H groups in total. The summed E-state index contributed by atoms with van der Waals surface area (Å²) >= 11 is 1.63. The van der Waals surface area contributed by atoms with Gasteiger partial charge in [-0.25, -0.2) is 15.0 Å². The monoisotopic (exact) mass is 312 g/mol. The van der Waals surface area contributed by atoms with Crippen molar-refractivity contribution in [2.45, 2.75) is 13.8 Å². The Bertz CT molecular complexity index is 798. The quantitative estimate of drug-likeness (QED) is 0.799. The lowest BCUT2D eigenvalue weighted by Crippen LogP contribution is -2.13. The van der Waals surface area contributed by atoms with Crippen molar-refractivity contribution in [3.05, 3.63) is 47.2 Å². The van der Waals surface area contributed by atoms with E-state index in [4.69, 9.17) is 0 Å². The first kappa shape index (κ1) is 14.5. The summed E-state index contributed by atoms with van der Waals surface area (Å²) in [5, 5.41) is 10.4. The van der Waals surface area contributed by atoms with E-state index >= 15 is 0 Å². The fourth-order valence-electron chi connectivity index (χ4n) is 2.20. The van der Waals surface area contributed by atoms with Gasteiger partial charge in [-0.3, -0.25) is 0 Å². The Balaban J connectivity index is 1.97. The summed E-state index contributed by atoms with van der Waals surface area (Å²) in [6, 6.07) is 8.84. The van der Waals surface area contributed by atoms with E-state index in [0.29, 0.717) is 5.95 Å². The molecule has 22 heavy (non-hydrogen) atoms. The molecule has 5 nitrogen and oxygen atoms in total. The SMILES string of the molecule is Cc1nc(C)c(-c2ccnc(N(C)c3ccc(O)cc3)n2)s1. The molecule has 0 fully saturated rings. The second-order valence-corrected chi connectivity index (χ2v) is 6.17. The molecule has 112 valence electrons. The summed E-state index contributed by atoms with van der Waals surface area (Å²) in [5.74, 6) is 0.844. The average Bonchev–Trinajstić information content (AvgIpc) is 2.86. The fraction of sp³-hybridized carbons (Fsp3) is 0.188. The van der Waals surface area contributed by atoms with Gasteiger partial charge in [0.1, 0.15) is 5.75 Å². The zero-order chi connectivity index (χ0) is 15.7. The average molecular weight is 312 g/mol. The molecule has 0 spiro atoms. The number of hydrogen-bond acceptors (Lipinski definition) is 6. The van der Waals surface area contributed by atoms with Gasteiger partial charge in [0.15, 0.2) is 0 Å². The minimum atomic E-state index is 0.238. The highest BCUT2D eigenvalue weighted by atomic mass is 32.1. The van der Waals surface area contributed by atoms with Crippen molar-refractivity contribution in [3.63, 3.8) is 0 Å². The van der Waals surface area contributed by atoms with Crippen LogP contribution in [-0.2, 0) is 0 Å². The maximum absolute atomic E-state index is 9.38. The summed E-state index contributed by atoms with van der Waals surface area (Å²) < 4.78 is 0. The Morgan fingerprint density at radius 1 is 1.05 bits per heavy atom. The molecule has 3 rings (SSSR count). The number of hydrogen-bond donors (Lipinski definition) is 1. The zero-order valence-corrected chi connectivity index (χ0v) is 13.4. The lowest BCUT2D eigenvalue weighted by molar-refractivity contribution is 0.475. The van der Waals surface area contributed by atoms with Gasteiger partial charge < -0.3 is 10.0 Å². The van der Waals surface area contributed by atoms with Gasteiger partial charge in [0.2, 0.25) is 5.95 Å². The fourth-order valence-corrected chi connectivity index (χ4v) is 3.09. The van der Waals surface area contributed by atoms with Crippen LogP contribution in [0.3, 0.4) is 0 Å². The highest BCUT2D eigenvalue weighted by Crippen LogP contribution is 2.30. The maximum Gasteiger partial charge on any atom is 0.230 e. The second kappa shape index (κ2) is 5.73. The zero-order valence-electron chi connectivity index (χ0n) is 12.6. The molecule has 3 aromatic rings. The molecular formula is C16H16N4OS. The van der Waals surface area contributed by atoms with Crippen molar-refractivity contribution >= 4 is 23.0 Å². The molecule has 0 atom stereocenters. The lowest BCUT2D eigenvalue weighted by atomic mass is 10.3. The molecule has 2 heterocycles. The van der Waals surface area contributed by atoms with E-state index in [-0.39, 0.29) is 5.75 Å². The van der Waals surface area contributed by atoms with Crippen LogP contribution < -0.4 is 4.90 Å². The number of aromatic hydroxyl groups is 1. The standard InChI is InChI=1S/C16H16N4OS/c1-10-15(22-11(2)18-10)14-8-9-17-16(19-14)20(3)12-4-6-13(21)7-5-12/h4-9,21H,1-3H3. The van der Waals surface area contributed by atoms with Gasteiger partial charge in [0.05, 0.1) is 21.3 Å². The number of phenols is 1. The summed E-state index contributed by atoms with van der Waals surface area (Å²) in [6.07, 6.45) is 1.75. The normalized spacial score (nSPS) is 10.7. The molecule has 0 aliphatic rings. The van der Waals surface area contributed by atoms with E-state index in [1.54, 1.807) is 29.7 Å². The lowest BCUT2D eigenvalue weighted by Gasteiger charge is -2.17. The van der Waals surface area contributed by atoms with Gasteiger partial charge in [-0.15, -0.1) is 11.3 Å². The molecule has 0 aliphatic heterocycles. The van der Waals surface area contributed by atoms with Gasteiger partial charge in [-0.2, -0.15) is 0 Å². The third-order valence-electron chi connectivity index (χ3n) is 3.32. The topological polar surface area (TPSA) is 62.1 Å². The number of thiazole rings is 1. The van der Waals surface area contributed by atoms with Gasteiger partial charge in [-0.1, -0.05) is 0 Å². The van der Waals surface area contributed by atoms with Crippen LogP contribution in [0, 0.1) is 13.8 Å². The van der Waals surface area contributed by atoms with Crippen molar-refractivity contribution in [2.24, 2.45) is 0 Å². The molecule has 0 radical (unpaired) electrons. The van der Waals surface area contributed by atoms with Crippen molar-refractivity contribution < 1.29 is 5.11 Å². The Morgan fingerprint density at radius 2 is 1.77 bits per heavy atom. The van der Waals surface area contributed by atoms with Crippen LogP contribution in [0.1, 0.15) is 10.7 Å². The minimum Gasteiger partial charge on any atom is -0.508 e. The van der Waals surface area contributed by atoms with E-state index in [9.17, 15) is 5.11 Å². The number of phenolic OH excluding ortho intramolecular Hbond substituents is 1. The Kier molecular flexibility index (Phi) is 3.77. The molecule has 0 unspecified atom stereocenters. The smallest absolute Gasteiger partial charge is 0.230 e. The molecule has 1 aromatic carbocycles. The minimum absolute atomic E-state index is 0.238. The van der Waals surface area contributed by atoms with Gasteiger partial charge in [0, 0.05) is 18.9 Å². The largest absolute Gasteiger partial charge is 0.508 e. The third kappa shape index (κ3) is 2.78. The first-order valence-electron chi connectivity index (χ1n) is 6.85. The number of rotatable bonds is 3. The van der Waals surface area contributed by atoms with Crippen molar-refractivity contribution in [3.8, 4) is 16.3 Å². The van der Waals surface area contributed by atoms with Gasteiger partial charge >= 0.3 is 0 Å². The first-order valence-corrected chi connectivity index (χ1v) is 7.66. The van der Waals surface area contributed by atoms with Crippen LogP contribution >= 0.6 is 11.3 Å². The van der Waals surface area contributed by atoms with Crippen LogP contribution in [0.15, 0.2) is 36.5 Å². The summed E-state index contributed by atoms with van der Waals surface area (Å²) in [7, 11) is 1.90. The van der Waals surface area contributed by atoms with Crippen molar-refractivity contribution in [2.75, 3.05) is 11.9 Å². The van der Waals surface area contributed by atoms with Gasteiger partial charge in [0.25, 0.3) is 0 Å². The van der Waals surface area contributed by atoms with Crippen LogP contribution in [0.4, 0.5) is 11.6 Å². The summed E-state index contributed by atoms with van der Waals surface area (Å²) in [6.45, 7) is 3.98. The number of benzene rings is 1. The van der Waals surface area contributed by atoms with E-state index < -0.39 is 0 Å². The molecule has 0 bridgehead atoms. The number of aromatic nitrogens is 3. The van der Waals surface area contributed by atoms with Crippen LogP contribution in [-0.4, -0.2) is 27.1 Å². The Labute approximate surface area is 132 Å². The predicted octanol–water partition coefficient (Wildman–Crippen LogP) is 3.69. The molecule has 2 aromatic heterocycles. The first-order chi connectivity index (χ1) is 10.5. The molecule has 0 saturated heterocycles. The Hall–Kier alpha value is -2.47. The highest BCUT2D eigenvalue weighted by molar-refractivity contribution is 7.15. The third-order valence-corrected chi connectivity index (χ3v) is 4.41. The number of aryl methyl sites for hydroxylation is 2. The molecule has 0 amide bonds. The number of anilines is 2. The Morgan fingerprint density at radius 3 is 2.41 bits per heavy atom. The second-order valence-electron chi connectivity index (χ2n) is 4.96. The predicted molar refractivity (Wildman–Crippen MR) is 88.8 cm³/mol. The van der Waals surface area contributed by atoms with E-state index in [1.165, 1.54) is 0 Å². The molecule has 0 saturated carbocycles. The van der Waals surface area contributed by atoms with Crippen molar-refractivity contribution in [1.82, 2.24) is 15.0 Å². The maximum atomic E-state index is 9.38. The van der Waals surface area contributed by atoms with E-state index in [0.717, 1.165) is 27.0 Å². The molecule has 6 heteroatoms. The molecular weight excluding hydrogens is 296 g/mol. The van der Waals surface area contributed by atoms with Crippen LogP contribution in [0.25, 0.3) is 10.6 Å². The van der Waals surface area contributed by atoms with Crippen LogP contribution in [0.2, 0.25) is 0 Å². The molecule has 0 aliphatic carbocycles. The number of nitrogens with zero attached hydrogens (tertiary/aromatic N) is 4. The summed E-state index contributed by atoms with van der Waals surface area (Å²) in [5.41, 5.74) is 2.77. The highest BCUT2D eigenvalue weighted by Gasteiger charge is 2.12. The van der Waals surface area contributed by atoms with Gasteiger partial charge in [-0.05, 0) is 44.2 Å². The van der Waals surface area contributed by atoms with E-state index in [1.807, 2.05) is 44.0 Å². The van der Waals surface area contributed by atoms with E-state index in [2.05, 4.69) is 15.0 Å². The van der Waals surface area contributed by atoms with Crippen LogP contribution in [0.5, 0.6) is 5.75 Å².